The number of nitrogens with zero attached hydrogens (tertiary/aromatic N) is 2. The van der Waals surface area contributed by atoms with E-state index in [9.17, 15) is 4.79 Å². The smallest absolute Gasteiger partial charge is 0.236 e. The fraction of sp³-hybridized carbons (Fsp3) is 0.467. The molecule has 0 radical (unpaired) electrons. The van der Waals surface area contributed by atoms with Gasteiger partial charge in [-0.3, -0.25) is 9.69 Å². The van der Waals surface area contributed by atoms with E-state index in [0.29, 0.717) is 31.1 Å². The molecule has 2 N–H and O–H groups in total. The fourth-order valence-corrected chi connectivity index (χ4v) is 1.84. The van der Waals surface area contributed by atoms with Crippen LogP contribution < -0.4 is 10.5 Å². The maximum absolute atomic E-state index is 11.5. The second-order valence-corrected chi connectivity index (χ2v) is 5.69. The molecular weight excluding hydrogens is 286 g/mol. The van der Waals surface area contributed by atoms with Crippen molar-refractivity contribution < 1.29 is 9.53 Å². The molecule has 116 valence electrons. The molecule has 0 unspecified atom stereocenters. The third-order valence-electron chi connectivity index (χ3n) is 2.95. The predicted molar refractivity (Wildman–Crippen MR) is 88.6 cm³/mol. The summed E-state index contributed by atoms with van der Waals surface area (Å²) in [5.41, 5.74) is 6.57. The van der Waals surface area contributed by atoms with Gasteiger partial charge in [0.2, 0.25) is 5.91 Å². The molecule has 0 saturated heterocycles. The molecule has 0 heterocycles. The summed E-state index contributed by atoms with van der Waals surface area (Å²) < 4.78 is 5.65. The summed E-state index contributed by atoms with van der Waals surface area (Å²) in [7, 11) is 5.40. The molecule has 0 saturated carbocycles. The lowest BCUT2D eigenvalue weighted by Crippen LogP contribution is -2.36. The van der Waals surface area contributed by atoms with E-state index in [1.165, 1.54) is 0 Å². The summed E-state index contributed by atoms with van der Waals surface area (Å²) in [6, 6.07) is 7.71. The topological polar surface area (TPSA) is 58.8 Å². The van der Waals surface area contributed by atoms with Gasteiger partial charge in [-0.25, -0.2) is 0 Å². The highest BCUT2D eigenvalue weighted by Crippen LogP contribution is 2.12. The third kappa shape index (κ3) is 7.06. The van der Waals surface area contributed by atoms with Crippen LogP contribution in [0.1, 0.15) is 5.56 Å². The number of rotatable bonds is 8. The minimum atomic E-state index is 0.0830. The number of hydrogen-bond donors (Lipinski definition) is 1. The molecule has 6 heteroatoms. The van der Waals surface area contributed by atoms with Gasteiger partial charge < -0.3 is 15.4 Å². The Bertz CT molecular complexity index is 474. The normalized spacial score (nSPS) is 10.5. The second-order valence-electron chi connectivity index (χ2n) is 5.16. The van der Waals surface area contributed by atoms with Crippen molar-refractivity contribution in [1.82, 2.24) is 9.80 Å². The Kier molecular flexibility index (Phi) is 7.11. The largest absolute Gasteiger partial charge is 0.492 e. The molecule has 1 aromatic rings. The Balaban J connectivity index is 2.32. The Hall–Kier alpha value is -1.66. The van der Waals surface area contributed by atoms with Crippen molar-refractivity contribution >= 4 is 23.1 Å². The second kappa shape index (κ2) is 8.59. The van der Waals surface area contributed by atoms with Crippen LogP contribution in [-0.4, -0.2) is 61.5 Å². The molecule has 0 aliphatic carbocycles. The van der Waals surface area contributed by atoms with E-state index >= 15 is 0 Å². The molecule has 1 amide bonds. The van der Waals surface area contributed by atoms with E-state index in [1.54, 1.807) is 19.0 Å². The first kappa shape index (κ1) is 17.4. The zero-order valence-corrected chi connectivity index (χ0v) is 13.7. The van der Waals surface area contributed by atoms with Gasteiger partial charge in [0.15, 0.2) is 0 Å². The van der Waals surface area contributed by atoms with Crippen molar-refractivity contribution in [3.8, 4) is 5.75 Å². The van der Waals surface area contributed by atoms with Crippen LogP contribution in [0.15, 0.2) is 24.3 Å². The SMILES string of the molecule is CN(CCOc1ccc(CC(N)=S)cc1)CC(=O)N(C)C. The molecule has 0 spiro atoms. The van der Waals surface area contributed by atoms with Gasteiger partial charge >= 0.3 is 0 Å². The molecular formula is C15H23N3O2S. The monoisotopic (exact) mass is 309 g/mol. The van der Waals surface area contributed by atoms with Crippen LogP contribution in [-0.2, 0) is 11.2 Å². The zero-order chi connectivity index (χ0) is 15.8. The molecule has 1 rings (SSSR count). The van der Waals surface area contributed by atoms with Crippen molar-refractivity contribution in [1.29, 1.82) is 0 Å². The van der Waals surface area contributed by atoms with Gasteiger partial charge in [0, 0.05) is 27.1 Å². The average molecular weight is 309 g/mol. The highest BCUT2D eigenvalue weighted by Gasteiger charge is 2.08. The molecule has 0 fully saturated rings. The summed E-state index contributed by atoms with van der Waals surface area (Å²) in [5, 5.41) is 0. The highest BCUT2D eigenvalue weighted by atomic mass is 32.1. The van der Waals surface area contributed by atoms with Crippen LogP contribution in [0.3, 0.4) is 0 Å². The number of amides is 1. The van der Waals surface area contributed by atoms with Crippen molar-refractivity contribution in [3.63, 3.8) is 0 Å². The number of ether oxygens (including phenoxy) is 1. The lowest BCUT2D eigenvalue weighted by molar-refractivity contribution is -0.129. The van der Waals surface area contributed by atoms with Crippen LogP contribution in [0.2, 0.25) is 0 Å². The Morgan fingerprint density at radius 3 is 2.38 bits per heavy atom. The highest BCUT2D eigenvalue weighted by molar-refractivity contribution is 7.80. The fourth-order valence-electron chi connectivity index (χ4n) is 1.68. The lowest BCUT2D eigenvalue weighted by Gasteiger charge is -2.19. The molecule has 0 aliphatic rings. The number of hydrogen-bond acceptors (Lipinski definition) is 4. The maximum atomic E-state index is 11.5. The average Bonchev–Trinajstić information content (AvgIpc) is 2.40. The van der Waals surface area contributed by atoms with E-state index in [1.807, 2.05) is 36.2 Å². The molecule has 5 nitrogen and oxygen atoms in total. The number of nitrogens with two attached hydrogens (primary N) is 1. The minimum Gasteiger partial charge on any atom is -0.492 e. The van der Waals surface area contributed by atoms with Crippen molar-refractivity contribution in [2.45, 2.75) is 6.42 Å². The standard InChI is InChI=1S/C15H23N3O2S/c1-17(2)15(19)11-18(3)8-9-20-13-6-4-12(5-7-13)10-14(16)21/h4-7H,8-11H2,1-3H3,(H2,16,21). The summed E-state index contributed by atoms with van der Waals surface area (Å²) in [5.74, 6) is 0.883. The summed E-state index contributed by atoms with van der Waals surface area (Å²) >= 11 is 4.87. The van der Waals surface area contributed by atoms with Crippen molar-refractivity contribution in [2.24, 2.45) is 5.73 Å². The first-order valence-electron chi connectivity index (χ1n) is 6.77. The zero-order valence-electron chi connectivity index (χ0n) is 12.8. The number of likely N-dealkylation sites (N-methyl/N-ethyl adjacent to an activating group) is 2. The Morgan fingerprint density at radius 2 is 1.86 bits per heavy atom. The maximum Gasteiger partial charge on any atom is 0.236 e. The Morgan fingerprint density at radius 1 is 1.24 bits per heavy atom. The van der Waals surface area contributed by atoms with Gasteiger partial charge in [0.25, 0.3) is 0 Å². The van der Waals surface area contributed by atoms with Crippen LogP contribution in [0.5, 0.6) is 5.75 Å². The van der Waals surface area contributed by atoms with Gasteiger partial charge in [-0.15, -0.1) is 0 Å². The van der Waals surface area contributed by atoms with Gasteiger partial charge in [0.05, 0.1) is 11.5 Å². The molecule has 0 aliphatic heterocycles. The third-order valence-corrected chi connectivity index (χ3v) is 3.09. The van der Waals surface area contributed by atoms with Gasteiger partial charge in [-0.2, -0.15) is 0 Å². The van der Waals surface area contributed by atoms with E-state index in [2.05, 4.69) is 0 Å². The molecule has 0 aromatic heterocycles. The van der Waals surface area contributed by atoms with E-state index in [4.69, 9.17) is 22.7 Å². The van der Waals surface area contributed by atoms with Crippen LogP contribution >= 0.6 is 12.2 Å². The van der Waals surface area contributed by atoms with Gasteiger partial charge in [-0.05, 0) is 24.7 Å². The number of carbonyl (C=O) groups excluding carboxylic acids is 1. The molecule has 1 aromatic carbocycles. The van der Waals surface area contributed by atoms with Crippen LogP contribution in [0.4, 0.5) is 0 Å². The molecule has 21 heavy (non-hydrogen) atoms. The van der Waals surface area contributed by atoms with Gasteiger partial charge in [-0.1, -0.05) is 24.4 Å². The number of thiocarbonyl (C=S) groups is 1. The minimum absolute atomic E-state index is 0.0830. The number of benzene rings is 1. The van der Waals surface area contributed by atoms with Crippen LogP contribution in [0, 0.1) is 0 Å². The quantitative estimate of drug-likeness (QED) is 0.724. The predicted octanol–water partition coefficient (Wildman–Crippen LogP) is 0.914. The van der Waals surface area contributed by atoms with E-state index < -0.39 is 0 Å². The lowest BCUT2D eigenvalue weighted by atomic mass is 10.1. The summed E-state index contributed by atoms with van der Waals surface area (Å²) in [4.78, 5) is 15.5. The Labute approximate surface area is 131 Å². The van der Waals surface area contributed by atoms with Crippen molar-refractivity contribution in [3.05, 3.63) is 29.8 Å². The van der Waals surface area contributed by atoms with Crippen LogP contribution in [0.25, 0.3) is 0 Å². The number of carbonyl (C=O) groups is 1. The van der Waals surface area contributed by atoms with E-state index in [-0.39, 0.29) is 5.91 Å². The summed E-state index contributed by atoms with van der Waals surface area (Å²) in [6.07, 6.45) is 0.602. The molecule has 0 atom stereocenters. The summed E-state index contributed by atoms with van der Waals surface area (Å²) in [6.45, 7) is 1.61. The molecule has 0 bridgehead atoms. The van der Waals surface area contributed by atoms with Gasteiger partial charge in [0.1, 0.15) is 12.4 Å². The first-order chi connectivity index (χ1) is 9.88. The van der Waals surface area contributed by atoms with E-state index in [0.717, 1.165) is 11.3 Å². The van der Waals surface area contributed by atoms with Crippen molar-refractivity contribution in [2.75, 3.05) is 40.8 Å². The first-order valence-corrected chi connectivity index (χ1v) is 7.18.